The second-order valence-corrected chi connectivity index (χ2v) is 7.58. The Labute approximate surface area is 185 Å². The molecule has 0 radical (unpaired) electrons. The van der Waals surface area contributed by atoms with Crippen molar-refractivity contribution in [3.8, 4) is 11.3 Å². The van der Waals surface area contributed by atoms with Crippen LogP contribution in [0.3, 0.4) is 0 Å². The summed E-state index contributed by atoms with van der Waals surface area (Å²) in [4.78, 5) is 43.1. The van der Waals surface area contributed by atoms with Gasteiger partial charge in [-0.1, -0.05) is 67.1 Å². The van der Waals surface area contributed by atoms with Gasteiger partial charge in [0, 0.05) is 17.5 Å². The first-order chi connectivity index (χ1) is 15.5. The smallest absolute Gasteiger partial charge is 0.278 e. The highest BCUT2D eigenvalue weighted by molar-refractivity contribution is 5.97. The molecule has 3 aromatic carbocycles. The zero-order valence-corrected chi connectivity index (χ0v) is 18.0. The van der Waals surface area contributed by atoms with E-state index in [0.717, 1.165) is 5.56 Å². The van der Waals surface area contributed by atoms with Crippen molar-refractivity contribution in [1.29, 1.82) is 0 Å². The fourth-order valence-electron chi connectivity index (χ4n) is 3.54. The Morgan fingerprint density at radius 3 is 2.38 bits per heavy atom. The molecule has 0 bridgehead atoms. The van der Waals surface area contributed by atoms with E-state index in [1.165, 1.54) is 4.57 Å². The van der Waals surface area contributed by atoms with Crippen molar-refractivity contribution < 1.29 is 9.59 Å². The number of nitrogens with one attached hydrogen (secondary N) is 1. The topological polar surface area (TPSA) is 81.1 Å². The SMILES string of the molecule is CCC(=O)Nc1ccccc1-c1nc2ccccc2n(CC(=O)c2ccc(C)cc2)c1=O. The van der Waals surface area contributed by atoms with Gasteiger partial charge in [-0.25, -0.2) is 4.98 Å². The molecule has 0 unspecified atom stereocenters. The third kappa shape index (κ3) is 4.21. The van der Waals surface area contributed by atoms with Crippen LogP contribution in [0, 0.1) is 6.92 Å². The lowest BCUT2D eigenvalue weighted by atomic mass is 10.1. The number of para-hydroxylation sites is 3. The molecule has 1 N–H and O–H groups in total. The molecule has 1 aromatic heterocycles. The van der Waals surface area contributed by atoms with E-state index < -0.39 is 0 Å². The number of hydrogen-bond donors (Lipinski definition) is 1. The lowest BCUT2D eigenvalue weighted by molar-refractivity contribution is -0.115. The van der Waals surface area contributed by atoms with Crippen LogP contribution in [0.5, 0.6) is 0 Å². The van der Waals surface area contributed by atoms with Gasteiger partial charge in [-0.2, -0.15) is 0 Å². The predicted molar refractivity (Wildman–Crippen MR) is 126 cm³/mol. The van der Waals surface area contributed by atoms with Crippen LogP contribution in [0.4, 0.5) is 5.69 Å². The van der Waals surface area contributed by atoms with Crippen molar-refractivity contribution >= 4 is 28.4 Å². The van der Waals surface area contributed by atoms with Gasteiger partial charge in [0.05, 0.1) is 23.3 Å². The molecule has 0 fully saturated rings. The normalized spacial score (nSPS) is 10.8. The van der Waals surface area contributed by atoms with Gasteiger partial charge in [-0.05, 0) is 25.1 Å². The van der Waals surface area contributed by atoms with Crippen molar-refractivity contribution in [2.75, 3.05) is 5.32 Å². The summed E-state index contributed by atoms with van der Waals surface area (Å²) in [5, 5.41) is 2.83. The molecule has 4 aromatic rings. The first-order valence-corrected chi connectivity index (χ1v) is 10.5. The standard InChI is InChI=1S/C26H23N3O3/c1-3-24(31)27-20-9-5-4-8-19(20)25-26(32)29(22-11-7-6-10-21(22)28-25)16-23(30)18-14-12-17(2)13-15-18/h4-15H,3,16H2,1-2H3,(H,27,31). The molecule has 4 rings (SSSR count). The fourth-order valence-corrected chi connectivity index (χ4v) is 3.54. The van der Waals surface area contributed by atoms with Gasteiger partial charge in [-0.15, -0.1) is 0 Å². The van der Waals surface area contributed by atoms with Crippen LogP contribution in [-0.2, 0) is 11.3 Å². The molecule has 0 atom stereocenters. The van der Waals surface area contributed by atoms with Gasteiger partial charge in [0.1, 0.15) is 5.69 Å². The van der Waals surface area contributed by atoms with E-state index in [-0.39, 0.29) is 29.5 Å². The quantitative estimate of drug-likeness (QED) is 0.458. The van der Waals surface area contributed by atoms with Crippen LogP contribution in [0.1, 0.15) is 29.3 Å². The van der Waals surface area contributed by atoms with Crippen LogP contribution in [0.25, 0.3) is 22.3 Å². The molecule has 6 heteroatoms. The van der Waals surface area contributed by atoms with Gasteiger partial charge in [0.2, 0.25) is 5.91 Å². The summed E-state index contributed by atoms with van der Waals surface area (Å²) in [6.45, 7) is 3.60. The Kier molecular flexibility index (Phi) is 5.94. The van der Waals surface area contributed by atoms with E-state index >= 15 is 0 Å². The van der Waals surface area contributed by atoms with E-state index in [4.69, 9.17) is 0 Å². The average molecular weight is 425 g/mol. The Morgan fingerprint density at radius 1 is 0.938 bits per heavy atom. The van der Waals surface area contributed by atoms with E-state index in [2.05, 4.69) is 10.3 Å². The predicted octanol–water partition coefficient (Wildman–Crippen LogP) is 4.60. The number of hydrogen-bond acceptors (Lipinski definition) is 4. The molecule has 0 aliphatic carbocycles. The number of aryl methyl sites for hydroxylation is 1. The molecular weight excluding hydrogens is 402 g/mol. The number of ketones is 1. The molecular formula is C26H23N3O3. The minimum absolute atomic E-state index is 0.110. The lowest BCUT2D eigenvalue weighted by Gasteiger charge is -2.14. The summed E-state index contributed by atoms with van der Waals surface area (Å²) in [6, 6.07) is 21.6. The summed E-state index contributed by atoms with van der Waals surface area (Å²) in [7, 11) is 0. The first kappa shape index (κ1) is 21.2. The third-order valence-electron chi connectivity index (χ3n) is 5.31. The lowest BCUT2D eigenvalue weighted by Crippen LogP contribution is -2.27. The minimum atomic E-state index is -0.387. The second-order valence-electron chi connectivity index (χ2n) is 7.58. The van der Waals surface area contributed by atoms with Crippen molar-refractivity contribution in [3.63, 3.8) is 0 Å². The van der Waals surface area contributed by atoms with E-state index in [0.29, 0.717) is 34.3 Å². The Hall–Kier alpha value is -4.06. The number of anilines is 1. The Balaban J connectivity index is 1.86. The molecule has 0 aliphatic heterocycles. The maximum atomic E-state index is 13.5. The number of fused-ring (bicyclic) bond motifs is 1. The number of Topliss-reactive ketones (excluding diaryl/α,β-unsaturated/α-hetero) is 1. The molecule has 6 nitrogen and oxygen atoms in total. The third-order valence-corrected chi connectivity index (χ3v) is 5.31. The largest absolute Gasteiger partial charge is 0.325 e. The van der Waals surface area contributed by atoms with Crippen molar-refractivity contribution in [2.45, 2.75) is 26.8 Å². The highest BCUT2D eigenvalue weighted by Crippen LogP contribution is 2.26. The molecule has 0 saturated heterocycles. The van der Waals surface area contributed by atoms with Gasteiger partial charge < -0.3 is 5.32 Å². The van der Waals surface area contributed by atoms with Gasteiger partial charge in [0.25, 0.3) is 5.56 Å². The van der Waals surface area contributed by atoms with Crippen molar-refractivity contribution in [2.24, 2.45) is 0 Å². The zero-order valence-electron chi connectivity index (χ0n) is 18.0. The Bertz CT molecular complexity index is 1370. The van der Waals surface area contributed by atoms with E-state index in [1.54, 1.807) is 55.5 Å². The minimum Gasteiger partial charge on any atom is -0.325 e. The monoisotopic (exact) mass is 425 g/mol. The highest BCUT2D eigenvalue weighted by atomic mass is 16.2. The number of rotatable bonds is 6. The maximum absolute atomic E-state index is 13.5. The molecule has 1 amide bonds. The first-order valence-electron chi connectivity index (χ1n) is 10.5. The molecule has 32 heavy (non-hydrogen) atoms. The number of nitrogens with zero attached hydrogens (tertiary/aromatic N) is 2. The zero-order chi connectivity index (χ0) is 22.7. The molecule has 1 heterocycles. The number of carbonyl (C=O) groups is 2. The second kappa shape index (κ2) is 8.98. The van der Waals surface area contributed by atoms with Crippen LogP contribution < -0.4 is 10.9 Å². The molecule has 160 valence electrons. The van der Waals surface area contributed by atoms with Gasteiger partial charge >= 0.3 is 0 Å². The summed E-state index contributed by atoms with van der Waals surface area (Å²) in [5.74, 6) is -0.324. The number of amides is 1. The number of carbonyl (C=O) groups excluding carboxylic acids is 2. The highest BCUT2D eigenvalue weighted by Gasteiger charge is 2.18. The number of benzene rings is 3. The van der Waals surface area contributed by atoms with Crippen molar-refractivity contribution in [3.05, 3.63) is 94.3 Å². The summed E-state index contributed by atoms with van der Waals surface area (Å²) < 4.78 is 1.46. The summed E-state index contributed by atoms with van der Waals surface area (Å²) in [5.41, 5.74) is 3.60. The van der Waals surface area contributed by atoms with E-state index in [1.807, 2.05) is 31.2 Å². The average Bonchev–Trinajstić information content (AvgIpc) is 2.81. The number of aromatic nitrogens is 2. The summed E-state index contributed by atoms with van der Waals surface area (Å²) >= 11 is 0. The molecule has 0 aliphatic rings. The molecule has 0 spiro atoms. The van der Waals surface area contributed by atoms with Crippen molar-refractivity contribution in [1.82, 2.24) is 9.55 Å². The maximum Gasteiger partial charge on any atom is 0.278 e. The van der Waals surface area contributed by atoms with Crippen LogP contribution in [0.2, 0.25) is 0 Å². The Morgan fingerprint density at radius 2 is 1.62 bits per heavy atom. The van der Waals surface area contributed by atoms with Gasteiger partial charge in [0.15, 0.2) is 5.78 Å². The van der Waals surface area contributed by atoms with E-state index in [9.17, 15) is 14.4 Å². The van der Waals surface area contributed by atoms with Crippen LogP contribution >= 0.6 is 0 Å². The van der Waals surface area contributed by atoms with Gasteiger partial charge in [-0.3, -0.25) is 19.0 Å². The van der Waals surface area contributed by atoms with Crippen LogP contribution in [-0.4, -0.2) is 21.2 Å². The summed E-state index contributed by atoms with van der Waals surface area (Å²) in [6.07, 6.45) is 0.314. The van der Waals surface area contributed by atoms with Crippen LogP contribution in [0.15, 0.2) is 77.6 Å². The molecule has 0 saturated carbocycles. The fraction of sp³-hybridized carbons (Fsp3) is 0.154.